The number of para-hydroxylation sites is 2. The minimum Gasteiger partial charge on any atom is -0.348 e. The second kappa shape index (κ2) is 9.80. The largest absolute Gasteiger partial charge is 0.348 e. The average Bonchev–Trinajstić information content (AvgIpc) is 3.36. The number of carbonyl (C=O) groups excluding carboxylic acids is 2. The van der Waals surface area contributed by atoms with Gasteiger partial charge in [0.15, 0.2) is 5.78 Å². The molecule has 7 heteroatoms. The molecule has 3 rings (SSSR count). The average molecular weight is 437 g/mol. The predicted molar refractivity (Wildman–Crippen MR) is 125 cm³/mol. The van der Waals surface area contributed by atoms with Crippen molar-refractivity contribution in [2.75, 3.05) is 23.9 Å². The van der Waals surface area contributed by atoms with Gasteiger partial charge in [0.2, 0.25) is 5.91 Å². The number of thiophene rings is 1. The van der Waals surface area contributed by atoms with Crippen LogP contribution in [0.2, 0.25) is 0 Å². The molecule has 0 fully saturated rings. The lowest BCUT2D eigenvalue weighted by Gasteiger charge is -2.20. The third kappa shape index (κ3) is 4.97. The van der Waals surface area contributed by atoms with E-state index in [1.807, 2.05) is 65.7 Å². The molecule has 1 aliphatic rings. The zero-order valence-electron chi connectivity index (χ0n) is 18.4. The predicted octanol–water partition coefficient (Wildman–Crippen LogP) is 4.62. The van der Waals surface area contributed by atoms with E-state index in [0.717, 1.165) is 22.7 Å². The van der Waals surface area contributed by atoms with Crippen LogP contribution in [0.5, 0.6) is 0 Å². The Morgan fingerprint density at radius 2 is 1.71 bits per heavy atom. The van der Waals surface area contributed by atoms with Crippen molar-refractivity contribution in [1.82, 2.24) is 5.32 Å². The fourth-order valence-electron chi connectivity index (χ4n) is 3.88. The van der Waals surface area contributed by atoms with Crippen LogP contribution in [0.25, 0.3) is 0 Å². The minimum atomic E-state index is -0.323. The summed E-state index contributed by atoms with van der Waals surface area (Å²) in [4.78, 5) is 30.3. The molecule has 31 heavy (non-hydrogen) atoms. The van der Waals surface area contributed by atoms with E-state index in [0.29, 0.717) is 11.7 Å². The van der Waals surface area contributed by atoms with Crippen LogP contribution in [0.1, 0.15) is 44.0 Å². The molecule has 2 aromatic rings. The van der Waals surface area contributed by atoms with Crippen molar-refractivity contribution in [3.8, 4) is 6.07 Å². The van der Waals surface area contributed by atoms with Crippen LogP contribution >= 0.6 is 11.3 Å². The zero-order valence-corrected chi connectivity index (χ0v) is 19.2. The van der Waals surface area contributed by atoms with Crippen molar-refractivity contribution in [1.29, 1.82) is 5.26 Å². The molecule has 0 saturated heterocycles. The van der Waals surface area contributed by atoms with Crippen molar-refractivity contribution in [2.24, 2.45) is 5.92 Å². The molecule has 0 aliphatic carbocycles. The van der Waals surface area contributed by atoms with Crippen molar-refractivity contribution in [2.45, 2.75) is 39.2 Å². The molecular weight excluding hydrogens is 408 g/mol. The summed E-state index contributed by atoms with van der Waals surface area (Å²) < 4.78 is 0. The number of hydrogen-bond acceptors (Lipinski definition) is 6. The van der Waals surface area contributed by atoms with Gasteiger partial charge in [-0.3, -0.25) is 9.59 Å². The van der Waals surface area contributed by atoms with E-state index < -0.39 is 0 Å². The van der Waals surface area contributed by atoms with Crippen LogP contribution < -0.4 is 15.1 Å². The van der Waals surface area contributed by atoms with E-state index in [-0.39, 0.29) is 36.1 Å². The van der Waals surface area contributed by atoms with E-state index in [9.17, 15) is 14.9 Å². The van der Waals surface area contributed by atoms with Gasteiger partial charge in [-0.2, -0.15) is 5.26 Å². The van der Waals surface area contributed by atoms with Crippen molar-refractivity contribution in [3.63, 3.8) is 0 Å². The number of Topliss-reactive ketones (excluding diaryl/α,β-unsaturated/α-hetero) is 1. The van der Waals surface area contributed by atoms with Crippen LogP contribution in [-0.2, 0) is 9.59 Å². The van der Waals surface area contributed by atoms with Crippen LogP contribution in [0.15, 0.2) is 53.2 Å². The van der Waals surface area contributed by atoms with Gasteiger partial charge in [-0.15, -0.1) is 11.3 Å². The summed E-state index contributed by atoms with van der Waals surface area (Å²) in [5.41, 5.74) is 1.95. The smallest absolute Gasteiger partial charge is 0.220 e. The number of anilines is 2. The van der Waals surface area contributed by atoms with Crippen molar-refractivity contribution >= 4 is 34.4 Å². The summed E-state index contributed by atoms with van der Waals surface area (Å²) >= 11 is 1.62. The summed E-state index contributed by atoms with van der Waals surface area (Å²) in [5.74, 6) is 0.478. The molecule has 1 N–H and O–H groups in total. The highest BCUT2D eigenvalue weighted by molar-refractivity contribution is 7.10. The molecule has 0 radical (unpaired) electrons. The number of rotatable bonds is 8. The third-order valence-electron chi connectivity index (χ3n) is 5.36. The first-order valence-electron chi connectivity index (χ1n) is 10.4. The van der Waals surface area contributed by atoms with E-state index in [1.54, 1.807) is 11.3 Å². The lowest BCUT2D eigenvalue weighted by Crippen LogP contribution is -2.30. The second-order valence-electron chi connectivity index (χ2n) is 8.11. The van der Waals surface area contributed by atoms with Crippen LogP contribution in [0.3, 0.4) is 0 Å². The lowest BCUT2D eigenvalue weighted by atomic mass is 10.0. The molecule has 0 spiro atoms. The molecule has 1 aromatic heterocycles. The van der Waals surface area contributed by atoms with Gasteiger partial charge in [0, 0.05) is 31.8 Å². The minimum absolute atomic E-state index is 0.00487. The van der Waals surface area contributed by atoms with Crippen molar-refractivity contribution in [3.05, 3.63) is 58.0 Å². The highest BCUT2D eigenvalue weighted by atomic mass is 32.1. The number of nitrogens with zero attached hydrogens (tertiary/aromatic N) is 3. The zero-order chi connectivity index (χ0) is 22.5. The maximum Gasteiger partial charge on any atom is 0.220 e. The molecule has 2 heterocycles. The van der Waals surface area contributed by atoms with Gasteiger partial charge in [-0.05, 0) is 35.9 Å². The molecule has 1 amide bonds. The highest BCUT2D eigenvalue weighted by Gasteiger charge is 2.31. The standard InChI is InChI=1S/C24H28N4O2S/c1-16(2)14-18(22-10-7-13-31-22)26-23(30)12-11-21(29)17(15-25)24-27(3)19-8-5-6-9-20(19)28(24)4/h5-10,13,16,18H,11-12,14H2,1-4H3,(H,26,30). The first-order valence-corrected chi connectivity index (χ1v) is 11.3. The normalized spacial score (nSPS) is 13.7. The molecular formula is C24H28N4O2S. The Balaban J connectivity index is 1.69. The van der Waals surface area contributed by atoms with Gasteiger partial charge < -0.3 is 15.1 Å². The second-order valence-corrected chi connectivity index (χ2v) is 9.08. The van der Waals surface area contributed by atoms with Crippen molar-refractivity contribution < 1.29 is 9.59 Å². The maximum atomic E-state index is 12.9. The van der Waals surface area contributed by atoms with E-state index >= 15 is 0 Å². The summed E-state index contributed by atoms with van der Waals surface area (Å²) in [5, 5.41) is 14.8. The lowest BCUT2D eigenvalue weighted by molar-refractivity contribution is -0.124. The van der Waals surface area contributed by atoms with Gasteiger partial charge in [-0.1, -0.05) is 32.0 Å². The SMILES string of the molecule is CC(C)CC(NC(=O)CCC(=O)C(C#N)=C1N(C)c2ccccc2N1C)c1cccs1. The number of amides is 1. The Morgan fingerprint density at radius 3 is 2.23 bits per heavy atom. The first-order chi connectivity index (χ1) is 14.8. The number of fused-ring (bicyclic) bond motifs is 1. The number of hydrogen-bond donors (Lipinski definition) is 1. The Bertz CT molecular complexity index is 989. The summed E-state index contributed by atoms with van der Waals surface area (Å²) in [6.45, 7) is 4.24. The fraction of sp³-hybridized carbons (Fsp3) is 0.375. The first kappa shape index (κ1) is 22.6. The highest BCUT2D eigenvalue weighted by Crippen LogP contribution is 2.40. The van der Waals surface area contributed by atoms with E-state index in [1.165, 1.54) is 0 Å². The summed E-state index contributed by atoms with van der Waals surface area (Å²) in [7, 11) is 3.68. The number of benzene rings is 1. The van der Waals surface area contributed by atoms with Gasteiger partial charge in [-0.25, -0.2) is 0 Å². The summed E-state index contributed by atoms with van der Waals surface area (Å²) in [6.07, 6.45) is 0.883. The summed E-state index contributed by atoms with van der Waals surface area (Å²) in [6, 6.07) is 13.7. The fourth-order valence-corrected chi connectivity index (χ4v) is 4.67. The Kier molecular flexibility index (Phi) is 7.13. The number of ketones is 1. The van der Waals surface area contributed by atoms with Crippen LogP contribution in [0.4, 0.5) is 11.4 Å². The van der Waals surface area contributed by atoms with Crippen LogP contribution in [-0.4, -0.2) is 25.8 Å². The molecule has 1 aliphatic heterocycles. The van der Waals surface area contributed by atoms with Crippen LogP contribution in [0, 0.1) is 17.2 Å². The Morgan fingerprint density at radius 1 is 1.06 bits per heavy atom. The number of nitrogens with one attached hydrogen (secondary N) is 1. The number of nitriles is 1. The van der Waals surface area contributed by atoms with E-state index in [2.05, 4.69) is 25.2 Å². The molecule has 1 unspecified atom stereocenters. The van der Waals surface area contributed by atoms with Gasteiger partial charge in [0.1, 0.15) is 17.5 Å². The quantitative estimate of drug-likeness (QED) is 0.483. The van der Waals surface area contributed by atoms with E-state index in [4.69, 9.17) is 0 Å². The van der Waals surface area contributed by atoms with Gasteiger partial charge >= 0.3 is 0 Å². The maximum absolute atomic E-state index is 12.9. The molecule has 0 bridgehead atoms. The molecule has 1 atom stereocenters. The number of allylic oxidation sites excluding steroid dienone is 1. The molecule has 0 saturated carbocycles. The monoisotopic (exact) mass is 436 g/mol. The van der Waals surface area contributed by atoms with Gasteiger partial charge in [0.05, 0.1) is 17.4 Å². The third-order valence-corrected chi connectivity index (χ3v) is 6.35. The molecule has 162 valence electrons. The Labute approximate surface area is 187 Å². The molecule has 6 nitrogen and oxygen atoms in total. The topological polar surface area (TPSA) is 76.4 Å². The van der Waals surface area contributed by atoms with Gasteiger partial charge in [0.25, 0.3) is 0 Å². The molecule has 1 aromatic carbocycles. The number of carbonyl (C=O) groups is 2. The Hall–Kier alpha value is -3.11.